The first-order valence-electron chi connectivity index (χ1n) is 9.28. The van der Waals surface area contributed by atoms with Gasteiger partial charge in [0.2, 0.25) is 5.90 Å². The predicted molar refractivity (Wildman–Crippen MR) is 119 cm³/mol. The monoisotopic (exact) mass is 477 g/mol. The number of benzene rings is 3. The van der Waals surface area contributed by atoms with E-state index < -0.39 is 11.9 Å². The van der Waals surface area contributed by atoms with Crippen LogP contribution < -0.4 is 9.47 Å². The van der Waals surface area contributed by atoms with E-state index in [1.807, 2.05) is 36.4 Å². The molecule has 0 bridgehead atoms. The van der Waals surface area contributed by atoms with Crippen LogP contribution in [0.15, 0.2) is 88.0 Å². The zero-order chi connectivity index (χ0) is 21.8. The molecule has 0 fully saturated rings. The first-order chi connectivity index (χ1) is 15.0. The van der Waals surface area contributed by atoms with Crippen LogP contribution in [0.5, 0.6) is 11.5 Å². The minimum Gasteiger partial charge on any atom is -0.493 e. The smallest absolute Gasteiger partial charge is 0.363 e. The van der Waals surface area contributed by atoms with E-state index in [-0.39, 0.29) is 17.3 Å². The van der Waals surface area contributed by atoms with Crippen LogP contribution in [0.3, 0.4) is 0 Å². The Hall–Kier alpha value is -3.71. The van der Waals surface area contributed by atoms with Crippen LogP contribution in [-0.4, -0.2) is 24.9 Å². The molecular formula is C24H16BrNO5. The molecule has 154 valence electrons. The molecule has 0 spiro atoms. The first kappa shape index (κ1) is 20.6. The van der Waals surface area contributed by atoms with Crippen molar-refractivity contribution in [2.75, 3.05) is 7.11 Å². The summed E-state index contributed by atoms with van der Waals surface area (Å²) in [5.41, 5.74) is 1.90. The van der Waals surface area contributed by atoms with Gasteiger partial charge in [0.1, 0.15) is 0 Å². The highest BCUT2D eigenvalue weighted by atomic mass is 79.9. The fraction of sp³-hybridized carbons (Fsp3) is 0.0417. The Balaban J connectivity index is 1.63. The standard InChI is InChI=1S/C24H16BrNO5/c1-29-20-14-15(12-18(25)21(20)30-23(27)17-10-6-3-7-11-17)13-19-24(28)31-22(26-19)16-8-4-2-5-9-16/h2-14H,1H3/b19-13-. The molecule has 0 saturated heterocycles. The maximum Gasteiger partial charge on any atom is 0.363 e. The van der Waals surface area contributed by atoms with Gasteiger partial charge in [0, 0.05) is 5.56 Å². The van der Waals surface area contributed by atoms with E-state index in [9.17, 15) is 9.59 Å². The molecule has 4 rings (SSSR count). The summed E-state index contributed by atoms with van der Waals surface area (Å²) in [6, 6.07) is 21.2. The highest BCUT2D eigenvalue weighted by molar-refractivity contribution is 9.10. The Bertz CT molecular complexity index is 1200. The molecule has 0 saturated carbocycles. The predicted octanol–water partition coefficient (Wildman–Crippen LogP) is 5.02. The van der Waals surface area contributed by atoms with E-state index >= 15 is 0 Å². The van der Waals surface area contributed by atoms with Crippen molar-refractivity contribution in [1.29, 1.82) is 0 Å². The zero-order valence-electron chi connectivity index (χ0n) is 16.4. The fourth-order valence-corrected chi connectivity index (χ4v) is 3.46. The molecule has 7 heteroatoms. The highest BCUT2D eigenvalue weighted by Gasteiger charge is 2.24. The lowest BCUT2D eigenvalue weighted by atomic mass is 10.1. The van der Waals surface area contributed by atoms with Gasteiger partial charge in [0.15, 0.2) is 17.2 Å². The van der Waals surface area contributed by atoms with E-state index in [2.05, 4.69) is 20.9 Å². The van der Waals surface area contributed by atoms with Gasteiger partial charge in [0.05, 0.1) is 17.1 Å². The average molecular weight is 478 g/mol. The van der Waals surface area contributed by atoms with Gasteiger partial charge in [-0.2, -0.15) is 0 Å². The van der Waals surface area contributed by atoms with Crippen LogP contribution in [0.1, 0.15) is 21.5 Å². The molecule has 3 aromatic carbocycles. The number of nitrogens with zero attached hydrogens (tertiary/aromatic N) is 1. The maximum absolute atomic E-state index is 12.4. The molecule has 0 radical (unpaired) electrons. The summed E-state index contributed by atoms with van der Waals surface area (Å²) in [6.45, 7) is 0. The molecule has 0 unspecified atom stereocenters. The second kappa shape index (κ2) is 8.97. The van der Waals surface area contributed by atoms with Crippen molar-refractivity contribution >= 4 is 39.8 Å². The molecule has 0 aliphatic carbocycles. The summed E-state index contributed by atoms with van der Waals surface area (Å²) in [5.74, 6) is -0.253. The molecule has 3 aromatic rings. The lowest BCUT2D eigenvalue weighted by Crippen LogP contribution is -2.09. The Kier molecular flexibility index (Phi) is 5.95. The highest BCUT2D eigenvalue weighted by Crippen LogP contribution is 2.38. The largest absolute Gasteiger partial charge is 0.493 e. The number of carbonyl (C=O) groups is 2. The van der Waals surface area contributed by atoms with Gasteiger partial charge in [-0.05, 0) is 64.0 Å². The van der Waals surface area contributed by atoms with E-state index in [1.54, 1.807) is 42.5 Å². The third-order valence-corrected chi connectivity index (χ3v) is 4.99. The van der Waals surface area contributed by atoms with E-state index in [0.29, 0.717) is 26.9 Å². The minimum absolute atomic E-state index is 0.154. The number of rotatable bonds is 5. The van der Waals surface area contributed by atoms with Crippen LogP contribution in [0.25, 0.3) is 6.08 Å². The molecule has 6 nitrogen and oxygen atoms in total. The molecule has 0 aromatic heterocycles. The van der Waals surface area contributed by atoms with Crippen molar-refractivity contribution in [1.82, 2.24) is 0 Å². The number of aliphatic imine (C=N–C) groups is 1. The molecule has 0 atom stereocenters. The van der Waals surface area contributed by atoms with Crippen molar-refractivity contribution in [2.24, 2.45) is 4.99 Å². The summed E-state index contributed by atoms with van der Waals surface area (Å²) >= 11 is 3.41. The maximum atomic E-state index is 12.4. The number of ether oxygens (including phenoxy) is 3. The third kappa shape index (κ3) is 4.57. The molecule has 1 aliphatic rings. The first-order valence-corrected chi connectivity index (χ1v) is 10.1. The van der Waals surface area contributed by atoms with Crippen molar-refractivity contribution in [3.05, 3.63) is 99.7 Å². The molecule has 1 heterocycles. The van der Waals surface area contributed by atoms with Crippen LogP contribution in [0, 0.1) is 0 Å². The summed E-state index contributed by atoms with van der Waals surface area (Å²) in [6.07, 6.45) is 1.58. The van der Waals surface area contributed by atoms with Gasteiger partial charge in [-0.25, -0.2) is 14.6 Å². The number of hydrogen-bond acceptors (Lipinski definition) is 6. The van der Waals surface area contributed by atoms with Gasteiger partial charge in [0.25, 0.3) is 0 Å². The Morgan fingerprint density at radius 3 is 2.39 bits per heavy atom. The summed E-state index contributed by atoms with van der Waals surface area (Å²) in [4.78, 5) is 29.0. The third-order valence-electron chi connectivity index (χ3n) is 4.40. The lowest BCUT2D eigenvalue weighted by Gasteiger charge is -2.12. The van der Waals surface area contributed by atoms with Gasteiger partial charge in [-0.3, -0.25) is 0 Å². The number of halogens is 1. The number of methoxy groups -OCH3 is 1. The van der Waals surface area contributed by atoms with E-state index in [1.165, 1.54) is 7.11 Å². The fourth-order valence-electron chi connectivity index (χ4n) is 2.92. The van der Waals surface area contributed by atoms with Crippen molar-refractivity contribution < 1.29 is 23.8 Å². The molecular weight excluding hydrogens is 462 g/mol. The summed E-state index contributed by atoms with van der Waals surface area (Å²) in [7, 11) is 1.47. The van der Waals surface area contributed by atoms with Crippen LogP contribution in [-0.2, 0) is 9.53 Å². The molecule has 31 heavy (non-hydrogen) atoms. The SMILES string of the molecule is COc1cc(/C=C2\N=C(c3ccccc3)OC2=O)cc(Br)c1OC(=O)c1ccccc1. The molecule has 1 aliphatic heterocycles. The van der Waals surface area contributed by atoms with Crippen LogP contribution in [0.4, 0.5) is 0 Å². The van der Waals surface area contributed by atoms with Gasteiger partial charge >= 0.3 is 11.9 Å². The minimum atomic E-state index is -0.548. The van der Waals surface area contributed by atoms with Crippen molar-refractivity contribution in [3.8, 4) is 11.5 Å². The summed E-state index contributed by atoms with van der Waals surface area (Å²) < 4.78 is 16.7. The number of cyclic esters (lactones) is 1. The van der Waals surface area contributed by atoms with Gasteiger partial charge in [-0.15, -0.1) is 0 Å². The molecule has 0 amide bonds. The Morgan fingerprint density at radius 1 is 1.03 bits per heavy atom. The Labute approximate surface area is 186 Å². The van der Waals surface area contributed by atoms with Gasteiger partial charge in [-0.1, -0.05) is 36.4 Å². The van der Waals surface area contributed by atoms with Crippen molar-refractivity contribution in [2.45, 2.75) is 0 Å². The second-order valence-corrected chi connectivity index (χ2v) is 7.35. The van der Waals surface area contributed by atoms with Crippen LogP contribution >= 0.6 is 15.9 Å². The number of esters is 2. The Morgan fingerprint density at radius 2 is 1.71 bits per heavy atom. The normalized spacial score (nSPS) is 14.2. The number of carbonyl (C=O) groups excluding carboxylic acids is 2. The summed E-state index contributed by atoms with van der Waals surface area (Å²) in [5, 5.41) is 0. The van der Waals surface area contributed by atoms with E-state index in [4.69, 9.17) is 14.2 Å². The quantitative estimate of drug-likeness (QED) is 0.293. The molecule has 0 N–H and O–H groups in total. The number of hydrogen-bond donors (Lipinski definition) is 0. The second-order valence-electron chi connectivity index (χ2n) is 6.49. The van der Waals surface area contributed by atoms with E-state index in [0.717, 1.165) is 0 Å². The zero-order valence-corrected chi connectivity index (χ0v) is 18.0. The van der Waals surface area contributed by atoms with Gasteiger partial charge < -0.3 is 14.2 Å². The van der Waals surface area contributed by atoms with Crippen LogP contribution in [0.2, 0.25) is 0 Å². The topological polar surface area (TPSA) is 74.2 Å². The van der Waals surface area contributed by atoms with Crippen molar-refractivity contribution in [3.63, 3.8) is 0 Å². The average Bonchev–Trinajstić information content (AvgIpc) is 3.16. The lowest BCUT2D eigenvalue weighted by molar-refractivity contribution is -0.129.